The maximum absolute atomic E-state index is 12.5. The van der Waals surface area contributed by atoms with Crippen LogP contribution in [0.5, 0.6) is 11.5 Å². The number of nitrogens with zero attached hydrogens (tertiary/aromatic N) is 2. The fourth-order valence-electron chi connectivity index (χ4n) is 4.91. The molecule has 2 fully saturated rings. The molecule has 7 heteroatoms. The van der Waals surface area contributed by atoms with Gasteiger partial charge in [0.25, 0.3) is 0 Å². The molecule has 0 atom stereocenters. The summed E-state index contributed by atoms with van der Waals surface area (Å²) in [5.74, 6) is -0.0969. The lowest BCUT2D eigenvalue weighted by Gasteiger charge is -2.25. The first-order valence-electron chi connectivity index (χ1n) is 12.4. The predicted octanol–water partition coefficient (Wildman–Crippen LogP) is 5.05. The third-order valence-electron chi connectivity index (χ3n) is 6.91. The molecule has 0 radical (unpaired) electrons. The van der Waals surface area contributed by atoms with Gasteiger partial charge in [-0.25, -0.2) is 0 Å². The molecule has 0 bridgehead atoms. The summed E-state index contributed by atoms with van der Waals surface area (Å²) >= 11 is 0. The summed E-state index contributed by atoms with van der Waals surface area (Å²) in [6.07, 6.45) is 12.6. The minimum Gasteiger partial charge on any atom is -0.507 e. The van der Waals surface area contributed by atoms with Crippen LogP contribution in [0.3, 0.4) is 0 Å². The van der Waals surface area contributed by atoms with Crippen molar-refractivity contribution in [1.82, 2.24) is 9.80 Å². The number of phenolic OH excluding ortho intramolecular Hbond substituents is 2. The summed E-state index contributed by atoms with van der Waals surface area (Å²) < 4.78 is 5.85. The smallest absolute Gasteiger partial charge is 0.246 e. The molecule has 2 saturated heterocycles. The Hall–Kier alpha value is -3.74. The fourth-order valence-corrected chi connectivity index (χ4v) is 4.91. The largest absolute Gasteiger partial charge is 0.507 e. The number of rotatable bonds is 4. The van der Waals surface area contributed by atoms with E-state index in [-0.39, 0.29) is 23.3 Å². The number of phenols is 2. The zero-order valence-corrected chi connectivity index (χ0v) is 19.7. The van der Waals surface area contributed by atoms with Gasteiger partial charge in [0.2, 0.25) is 11.8 Å². The number of piperidine rings is 2. The van der Waals surface area contributed by atoms with E-state index < -0.39 is 0 Å². The average Bonchev–Trinajstić information content (AvgIpc) is 3.22. The highest BCUT2D eigenvalue weighted by Gasteiger charge is 2.17. The molecule has 0 aliphatic carbocycles. The van der Waals surface area contributed by atoms with Crippen molar-refractivity contribution in [2.24, 2.45) is 0 Å². The molecular formula is C28H30N2O5. The Morgan fingerprint density at radius 2 is 1.06 bits per heavy atom. The van der Waals surface area contributed by atoms with Crippen LogP contribution >= 0.6 is 0 Å². The third kappa shape index (κ3) is 4.90. The molecule has 182 valence electrons. The molecule has 3 heterocycles. The Bertz CT molecular complexity index is 1220. The van der Waals surface area contributed by atoms with Gasteiger partial charge in [-0.05, 0) is 62.8 Å². The molecule has 1 aromatic heterocycles. The van der Waals surface area contributed by atoms with Gasteiger partial charge in [-0.1, -0.05) is 0 Å². The van der Waals surface area contributed by atoms with Gasteiger partial charge in [0.15, 0.2) is 0 Å². The number of aromatic hydroxyl groups is 2. The number of amides is 2. The van der Waals surface area contributed by atoms with Gasteiger partial charge in [0.05, 0.1) is 0 Å². The topological polar surface area (TPSA) is 94.2 Å². The summed E-state index contributed by atoms with van der Waals surface area (Å²) in [6, 6.07) is 6.60. The van der Waals surface area contributed by atoms with Crippen molar-refractivity contribution >= 4 is 45.9 Å². The number of hydrogen-bond acceptors (Lipinski definition) is 5. The Morgan fingerprint density at radius 3 is 1.46 bits per heavy atom. The van der Waals surface area contributed by atoms with Gasteiger partial charge < -0.3 is 24.4 Å². The average molecular weight is 475 g/mol. The minimum atomic E-state index is -0.0584. The molecular weight excluding hydrogens is 444 g/mol. The van der Waals surface area contributed by atoms with Crippen molar-refractivity contribution in [2.45, 2.75) is 38.5 Å². The molecule has 2 N–H and O–H groups in total. The van der Waals surface area contributed by atoms with Gasteiger partial charge in [0, 0.05) is 72.4 Å². The summed E-state index contributed by atoms with van der Waals surface area (Å²) in [5.41, 5.74) is 1.97. The van der Waals surface area contributed by atoms with E-state index in [0.29, 0.717) is 22.3 Å². The lowest BCUT2D eigenvalue weighted by Crippen LogP contribution is -2.34. The monoisotopic (exact) mass is 474 g/mol. The van der Waals surface area contributed by atoms with Crippen LogP contribution in [0.15, 0.2) is 40.8 Å². The molecule has 2 aliphatic heterocycles. The maximum Gasteiger partial charge on any atom is 0.246 e. The number of carbonyl (C=O) groups excluding carboxylic acids is 2. The molecule has 2 aliphatic rings. The van der Waals surface area contributed by atoms with Crippen LogP contribution in [-0.2, 0) is 9.59 Å². The first-order valence-corrected chi connectivity index (χ1v) is 12.4. The lowest BCUT2D eigenvalue weighted by atomic mass is 10.0. The summed E-state index contributed by atoms with van der Waals surface area (Å²) in [7, 11) is 0. The van der Waals surface area contributed by atoms with Crippen LogP contribution in [0, 0.1) is 0 Å². The summed E-state index contributed by atoms with van der Waals surface area (Å²) in [5, 5.41) is 22.5. The minimum absolute atomic E-state index is 0.00993. The maximum atomic E-state index is 12.5. The van der Waals surface area contributed by atoms with Crippen LogP contribution in [-0.4, -0.2) is 58.0 Å². The Kier molecular flexibility index (Phi) is 6.49. The number of fused-ring (bicyclic) bond motifs is 3. The van der Waals surface area contributed by atoms with E-state index in [1.165, 1.54) is 24.3 Å². The molecule has 35 heavy (non-hydrogen) atoms. The molecule has 0 unspecified atom stereocenters. The second kappa shape index (κ2) is 9.86. The standard InChI is InChI=1S/C28H30N2O5/c31-23-17-25-21(15-19(23)7-9-27(33)29-11-3-1-4-12-29)22-16-20(24(32)18-26(22)35-25)8-10-28(34)30-13-5-2-6-14-30/h7-10,15-18,31-32H,1-6,11-14H2/b9-7+,10-8+. The van der Waals surface area contributed by atoms with Crippen molar-refractivity contribution in [3.8, 4) is 11.5 Å². The van der Waals surface area contributed by atoms with Gasteiger partial charge in [-0.15, -0.1) is 0 Å². The van der Waals surface area contributed by atoms with Crippen molar-refractivity contribution in [3.63, 3.8) is 0 Å². The first kappa shape index (κ1) is 23.0. The van der Waals surface area contributed by atoms with Gasteiger partial charge in [0.1, 0.15) is 22.7 Å². The van der Waals surface area contributed by atoms with Gasteiger partial charge >= 0.3 is 0 Å². The first-order chi connectivity index (χ1) is 17.0. The highest BCUT2D eigenvalue weighted by Crippen LogP contribution is 2.37. The molecule has 3 aromatic rings. The SMILES string of the molecule is O=C(/C=C/c1cc2c(cc1O)oc1cc(O)c(/C=C/C(=O)N3CCCCC3)cc12)N1CCCCC1. The zero-order chi connectivity index (χ0) is 24.4. The van der Waals surface area contributed by atoms with Crippen molar-refractivity contribution in [2.75, 3.05) is 26.2 Å². The number of furan rings is 1. The van der Waals surface area contributed by atoms with E-state index in [2.05, 4.69) is 0 Å². The normalized spacial score (nSPS) is 17.3. The van der Waals surface area contributed by atoms with E-state index in [1.807, 2.05) is 9.80 Å². The number of benzene rings is 2. The lowest BCUT2D eigenvalue weighted by molar-refractivity contribution is -0.127. The van der Waals surface area contributed by atoms with Crippen LogP contribution in [0.1, 0.15) is 49.7 Å². The van der Waals surface area contributed by atoms with Gasteiger partial charge in [-0.2, -0.15) is 0 Å². The van der Waals surface area contributed by atoms with E-state index in [4.69, 9.17) is 4.42 Å². The van der Waals surface area contributed by atoms with Crippen molar-refractivity contribution in [1.29, 1.82) is 0 Å². The fraction of sp³-hybridized carbons (Fsp3) is 0.357. The van der Waals surface area contributed by atoms with E-state index in [1.54, 1.807) is 24.3 Å². The van der Waals surface area contributed by atoms with Crippen LogP contribution < -0.4 is 0 Å². The van der Waals surface area contributed by atoms with Crippen LogP contribution in [0.2, 0.25) is 0 Å². The Balaban J connectivity index is 1.44. The molecule has 0 saturated carbocycles. The summed E-state index contributed by atoms with van der Waals surface area (Å²) in [6.45, 7) is 3.06. The predicted molar refractivity (Wildman–Crippen MR) is 136 cm³/mol. The van der Waals surface area contributed by atoms with E-state index >= 15 is 0 Å². The van der Waals surface area contributed by atoms with Crippen molar-refractivity contribution in [3.05, 3.63) is 47.5 Å². The zero-order valence-electron chi connectivity index (χ0n) is 19.7. The second-order valence-electron chi connectivity index (χ2n) is 9.35. The Morgan fingerprint density at radius 1 is 0.657 bits per heavy atom. The number of carbonyl (C=O) groups is 2. The number of hydrogen-bond donors (Lipinski definition) is 2. The van der Waals surface area contributed by atoms with Crippen molar-refractivity contribution < 1.29 is 24.2 Å². The molecule has 7 nitrogen and oxygen atoms in total. The highest BCUT2D eigenvalue weighted by atomic mass is 16.3. The van der Waals surface area contributed by atoms with Crippen LogP contribution in [0.4, 0.5) is 0 Å². The molecule has 5 rings (SSSR count). The van der Waals surface area contributed by atoms with E-state index in [9.17, 15) is 19.8 Å². The quantitative estimate of drug-likeness (QED) is 0.516. The molecule has 2 amide bonds. The third-order valence-corrected chi connectivity index (χ3v) is 6.91. The van der Waals surface area contributed by atoms with E-state index in [0.717, 1.165) is 75.5 Å². The Labute approximate surface area is 203 Å². The number of likely N-dealkylation sites (tertiary alicyclic amines) is 2. The van der Waals surface area contributed by atoms with Gasteiger partial charge in [-0.3, -0.25) is 9.59 Å². The highest BCUT2D eigenvalue weighted by molar-refractivity contribution is 6.08. The molecule has 0 spiro atoms. The van der Waals surface area contributed by atoms with Crippen LogP contribution in [0.25, 0.3) is 34.1 Å². The summed E-state index contributed by atoms with van der Waals surface area (Å²) in [4.78, 5) is 28.7. The second-order valence-corrected chi connectivity index (χ2v) is 9.35. The molecule has 2 aromatic carbocycles.